The molecule has 0 aliphatic rings. The summed E-state index contributed by atoms with van der Waals surface area (Å²) in [7, 11) is 0. The summed E-state index contributed by atoms with van der Waals surface area (Å²) in [4.78, 5) is 14.2. The second kappa shape index (κ2) is 4.23. The number of hydrogen-bond donors (Lipinski definition) is 1. The average Bonchev–Trinajstić information content (AvgIpc) is 2.08. The summed E-state index contributed by atoms with van der Waals surface area (Å²) in [6.45, 7) is 1.85. The maximum absolute atomic E-state index is 13.2. The van der Waals surface area contributed by atoms with Gasteiger partial charge in [0.15, 0.2) is 5.82 Å². The largest absolute Gasteiger partial charge is 0.478 e. The molecule has 0 saturated heterocycles. The Morgan fingerprint density at radius 1 is 1.77 bits per heavy atom. The zero-order valence-corrected chi connectivity index (χ0v) is 7.77. The fourth-order valence-corrected chi connectivity index (χ4v) is 1.47. The molecule has 0 amide bonds. The number of carboxylic acid groups (broad SMARTS) is 1. The maximum atomic E-state index is 13.2. The molecule has 1 N–H and O–H groups in total. The van der Waals surface area contributed by atoms with Crippen LogP contribution in [0.15, 0.2) is 17.3 Å². The van der Waals surface area contributed by atoms with E-state index in [-0.39, 0.29) is 10.6 Å². The molecule has 1 aromatic rings. The molecule has 0 aromatic carbocycles. The first-order valence-corrected chi connectivity index (χ1v) is 4.66. The summed E-state index contributed by atoms with van der Waals surface area (Å²) in [5, 5.41) is 8.72. The second-order valence-corrected chi connectivity index (χ2v) is 3.47. The second-order valence-electron chi connectivity index (χ2n) is 2.22. The van der Waals surface area contributed by atoms with Crippen molar-refractivity contribution in [2.75, 3.05) is 5.75 Å². The van der Waals surface area contributed by atoms with Crippen molar-refractivity contribution < 1.29 is 14.3 Å². The van der Waals surface area contributed by atoms with E-state index < -0.39 is 11.8 Å². The smallest absolute Gasteiger partial charge is 0.338 e. The summed E-state index contributed by atoms with van der Waals surface area (Å²) in [5.74, 6) is -1.35. The summed E-state index contributed by atoms with van der Waals surface area (Å²) in [5.41, 5.74) is -0.328. The zero-order chi connectivity index (χ0) is 9.84. The van der Waals surface area contributed by atoms with Crippen molar-refractivity contribution in [1.82, 2.24) is 4.98 Å². The van der Waals surface area contributed by atoms with Gasteiger partial charge in [-0.3, -0.25) is 0 Å². The van der Waals surface area contributed by atoms with Crippen molar-refractivity contribution in [1.29, 1.82) is 0 Å². The van der Waals surface area contributed by atoms with E-state index in [1.54, 1.807) is 0 Å². The molecule has 70 valence electrons. The van der Waals surface area contributed by atoms with Gasteiger partial charge in [-0.1, -0.05) is 6.92 Å². The molecular formula is C8H8FNO2S. The van der Waals surface area contributed by atoms with Crippen molar-refractivity contribution >= 4 is 17.7 Å². The average molecular weight is 201 g/mol. The molecular weight excluding hydrogens is 193 g/mol. The van der Waals surface area contributed by atoms with Crippen LogP contribution in [0.1, 0.15) is 17.3 Å². The van der Waals surface area contributed by atoms with Crippen LogP contribution in [0.2, 0.25) is 0 Å². The van der Waals surface area contributed by atoms with Gasteiger partial charge in [0, 0.05) is 6.20 Å². The SMILES string of the molecule is CCSc1nccc(C(=O)O)c1F. The fraction of sp³-hybridized carbons (Fsp3) is 0.250. The lowest BCUT2D eigenvalue weighted by molar-refractivity contribution is 0.0691. The van der Waals surface area contributed by atoms with Gasteiger partial charge in [0.25, 0.3) is 0 Å². The monoisotopic (exact) mass is 201 g/mol. The molecule has 0 aliphatic heterocycles. The van der Waals surface area contributed by atoms with Gasteiger partial charge in [0.1, 0.15) is 5.03 Å². The first kappa shape index (κ1) is 9.98. The maximum Gasteiger partial charge on any atom is 0.338 e. The molecule has 0 radical (unpaired) electrons. The summed E-state index contributed by atoms with van der Waals surface area (Å²) < 4.78 is 13.2. The van der Waals surface area contributed by atoms with E-state index in [9.17, 15) is 9.18 Å². The first-order valence-electron chi connectivity index (χ1n) is 3.67. The molecule has 5 heteroatoms. The number of pyridine rings is 1. The van der Waals surface area contributed by atoms with Crippen molar-refractivity contribution in [3.8, 4) is 0 Å². The van der Waals surface area contributed by atoms with Crippen LogP contribution >= 0.6 is 11.8 Å². The molecule has 0 spiro atoms. The number of hydrogen-bond acceptors (Lipinski definition) is 3. The number of carboxylic acids is 1. The lowest BCUT2D eigenvalue weighted by atomic mass is 10.3. The molecule has 13 heavy (non-hydrogen) atoms. The van der Waals surface area contributed by atoms with Gasteiger partial charge in [0.2, 0.25) is 0 Å². The minimum Gasteiger partial charge on any atom is -0.478 e. The van der Waals surface area contributed by atoms with Gasteiger partial charge in [-0.05, 0) is 11.8 Å². The van der Waals surface area contributed by atoms with Crippen LogP contribution in [-0.2, 0) is 0 Å². The highest BCUT2D eigenvalue weighted by molar-refractivity contribution is 7.99. The van der Waals surface area contributed by atoms with Crippen molar-refractivity contribution in [2.45, 2.75) is 11.9 Å². The van der Waals surface area contributed by atoms with E-state index in [1.165, 1.54) is 18.0 Å². The molecule has 0 bridgehead atoms. The molecule has 0 aliphatic carbocycles. The number of aromatic nitrogens is 1. The number of nitrogens with zero attached hydrogens (tertiary/aromatic N) is 1. The minimum atomic E-state index is -1.27. The Balaban J connectivity index is 3.10. The summed E-state index contributed by atoms with van der Waals surface area (Å²) >= 11 is 1.18. The zero-order valence-electron chi connectivity index (χ0n) is 6.95. The van der Waals surface area contributed by atoms with Crippen LogP contribution < -0.4 is 0 Å². The Labute approximate surface area is 79.0 Å². The van der Waals surface area contributed by atoms with Gasteiger partial charge >= 0.3 is 5.97 Å². The van der Waals surface area contributed by atoms with Crippen LogP contribution in [0.4, 0.5) is 4.39 Å². The van der Waals surface area contributed by atoms with Crippen LogP contribution in [-0.4, -0.2) is 21.8 Å². The summed E-state index contributed by atoms with van der Waals surface area (Å²) in [6.07, 6.45) is 1.30. The van der Waals surface area contributed by atoms with E-state index in [4.69, 9.17) is 5.11 Å². The molecule has 0 unspecified atom stereocenters. The van der Waals surface area contributed by atoms with E-state index in [0.717, 1.165) is 6.07 Å². The number of halogens is 1. The summed E-state index contributed by atoms with van der Waals surface area (Å²) in [6, 6.07) is 1.15. The van der Waals surface area contributed by atoms with Gasteiger partial charge in [-0.15, -0.1) is 11.8 Å². The topological polar surface area (TPSA) is 50.2 Å². The van der Waals surface area contributed by atoms with Crippen molar-refractivity contribution in [3.63, 3.8) is 0 Å². The minimum absolute atomic E-state index is 0.141. The van der Waals surface area contributed by atoms with Crippen LogP contribution in [0.3, 0.4) is 0 Å². The number of thioether (sulfide) groups is 1. The predicted molar refractivity (Wildman–Crippen MR) is 47.6 cm³/mol. The molecule has 1 aromatic heterocycles. The van der Waals surface area contributed by atoms with Gasteiger partial charge in [0.05, 0.1) is 5.56 Å². The lowest BCUT2D eigenvalue weighted by Crippen LogP contribution is -2.02. The first-order chi connectivity index (χ1) is 6.16. The highest BCUT2D eigenvalue weighted by atomic mass is 32.2. The quantitative estimate of drug-likeness (QED) is 0.760. The Morgan fingerprint density at radius 3 is 3.00 bits per heavy atom. The highest BCUT2D eigenvalue weighted by Gasteiger charge is 2.14. The molecule has 1 heterocycles. The van der Waals surface area contributed by atoms with E-state index in [0.29, 0.717) is 5.75 Å². The number of aromatic carboxylic acids is 1. The van der Waals surface area contributed by atoms with Crippen LogP contribution in [0, 0.1) is 5.82 Å². The van der Waals surface area contributed by atoms with E-state index in [1.807, 2.05) is 6.92 Å². The van der Waals surface area contributed by atoms with Gasteiger partial charge in [-0.25, -0.2) is 14.2 Å². The van der Waals surface area contributed by atoms with Crippen LogP contribution in [0.5, 0.6) is 0 Å². The Morgan fingerprint density at radius 2 is 2.46 bits per heavy atom. The third-order valence-electron chi connectivity index (χ3n) is 1.37. The fourth-order valence-electron chi connectivity index (χ4n) is 0.827. The standard InChI is InChI=1S/C8H8FNO2S/c1-2-13-7-6(9)5(8(11)12)3-4-10-7/h3-4H,2H2,1H3,(H,11,12). The Bertz CT molecular complexity index is 330. The number of carbonyl (C=O) groups is 1. The highest BCUT2D eigenvalue weighted by Crippen LogP contribution is 2.20. The number of rotatable bonds is 3. The Kier molecular flexibility index (Phi) is 3.25. The van der Waals surface area contributed by atoms with Gasteiger partial charge in [-0.2, -0.15) is 0 Å². The molecule has 0 saturated carbocycles. The van der Waals surface area contributed by atoms with Crippen molar-refractivity contribution in [2.24, 2.45) is 0 Å². The Hall–Kier alpha value is -1.10. The third kappa shape index (κ3) is 2.18. The van der Waals surface area contributed by atoms with Crippen LogP contribution in [0.25, 0.3) is 0 Å². The predicted octanol–water partition coefficient (Wildman–Crippen LogP) is 2.03. The van der Waals surface area contributed by atoms with E-state index in [2.05, 4.69) is 4.98 Å². The van der Waals surface area contributed by atoms with Crippen molar-refractivity contribution in [3.05, 3.63) is 23.6 Å². The normalized spacial score (nSPS) is 10.0. The van der Waals surface area contributed by atoms with E-state index >= 15 is 0 Å². The lowest BCUT2D eigenvalue weighted by Gasteiger charge is -2.01. The van der Waals surface area contributed by atoms with Gasteiger partial charge < -0.3 is 5.11 Å². The molecule has 0 atom stereocenters. The third-order valence-corrected chi connectivity index (χ3v) is 2.22. The molecule has 3 nitrogen and oxygen atoms in total. The molecule has 1 rings (SSSR count). The molecule has 0 fully saturated rings.